The first-order valence-electron chi connectivity index (χ1n) is 11.4. The lowest BCUT2D eigenvalue weighted by Crippen LogP contribution is -2.30. The van der Waals surface area contributed by atoms with E-state index >= 15 is 0 Å². The first kappa shape index (κ1) is 23.6. The fraction of sp³-hybridized carbons (Fsp3) is 0.259. The zero-order valence-corrected chi connectivity index (χ0v) is 20.4. The summed E-state index contributed by atoms with van der Waals surface area (Å²) < 4.78 is 18.5. The second-order valence-corrected chi connectivity index (χ2v) is 8.45. The van der Waals surface area contributed by atoms with Crippen molar-refractivity contribution in [1.29, 1.82) is 0 Å². The van der Waals surface area contributed by atoms with Crippen molar-refractivity contribution in [3.05, 3.63) is 77.9 Å². The minimum atomic E-state index is -0.187. The largest absolute Gasteiger partial charge is 0.490 e. The topological polar surface area (TPSA) is 60.9 Å². The van der Waals surface area contributed by atoms with Crippen molar-refractivity contribution in [2.75, 3.05) is 24.7 Å². The van der Waals surface area contributed by atoms with Crippen LogP contribution in [0.1, 0.15) is 36.7 Å². The number of hydrogen-bond acceptors (Lipinski definition) is 6. The summed E-state index contributed by atoms with van der Waals surface area (Å²) in [5.41, 5.74) is 2.33. The first-order valence-corrected chi connectivity index (χ1v) is 12.2. The summed E-state index contributed by atoms with van der Waals surface area (Å²) in [7, 11) is 0. The molecule has 0 spiro atoms. The second kappa shape index (κ2) is 11.0. The fourth-order valence-electron chi connectivity index (χ4n) is 3.64. The molecule has 0 fully saturated rings. The van der Waals surface area contributed by atoms with E-state index in [0.717, 1.165) is 15.8 Å². The molecule has 34 heavy (non-hydrogen) atoms. The van der Waals surface area contributed by atoms with E-state index in [9.17, 15) is 4.79 Å². The zero-order chi connectivity index (χ0) is 23.9. The van der Waals surface area contributed by atoms with E-state index < -0.39 is 0 Å². The number of ether oxygens (including phenoxy) is 3. The molecule has 176 valence electrons. The SMILES string of the molecule is CCOc1cc(C(=O)N(Cc2ccccc2)c2nc3ccccc3s2)cc(OCC)c1OCC. The van der Waals surface area contributed by atoms with Crippen LogP contribution in [0.3, 0.4) is 0 Å². The third-order valence-corrected chi connectivity index (χ3v) is 6.16. The van der Waals surface area contributed by atoms with Gasteiger partial charge in [-0.15, -0.1) is 0 Å². The van der Waals surface area contributed by atoms with Crippen molar-refractivity contribution in [1.82, 2.24) is 4.98 Å². The van der Waals surface area contributed by atoms with Gasteiger partial charge in [0.15, 0.2) is 16.6 Å². The third kappa shape index (κ3) is 5.15. The van der Waals surface area contributed by atoms with E-state index in [1.54, 1.807) is 17.0 Å². The Morgan fingerprint density at radius 1 is 0.853 bits per heavy atom. The second-order valence-electron chi connectivity index (χ2n) is 7.44. The summed E-state index contributed by atoms with van der Waals surface area (Å²) in [6, 6.07) is 21.2. The van der Waals surface area contributed by atoms with Crippen LogP contribution in [0, 0.1) is 0 Å². The lowest BCUT2D eigenvalue weighted by atomic mass is 10.1. The van der Waals surface area contributed by atoms with Gasteiger partial charge in [-0.3, -0.25) is 9.69 Å². The van der Waals surface area contributed by atoms with E-state index in [1.807, 2.05) is 75.4 Å². The summed E-state index contributed by atoms with van der Waals surface area (Å²) in [5.74, 6) is 1.30. The van der Waals surface area contributed by atoms with Gasteiger partial charge in [-0.25, -0.2) is 4.98 Å². The molecule has 0 radical (unpaired) electrons. The van der Waals surface area contributed by atoms with Crippen LogP contribution in [0.5, 0.6) is 17.2 Å². The molecule has 1 heterocycles. The number of aromatic nitrogens is 1. The Kier molecular flexibility index (Phi) is 7.65. The van der Waals surface area contributed by atoms with E-state index in [1.165, 1.54) is 11.3 Å². The number of carbonyl (C=O) groups excluding carboxylic acids is 1. The molecule has 0 atom stereocenters. The van der Waals surface area contributed by atoms with Crippen molar-refractivity contribution < 1.29 is 19.0 Å². The van der Waals surface area contributed by atoms with Crippen LogP contribution in [-0.2, 0) is 6.54 Å². The number of anilines is 1. The summed E-state index contributed by atoms with van der Waals surface area (Å²) in [4.78, 5) is 20.4. The van der Waals surface area contributed by atoms with Crippen LogP contribution >= 0.6 is 11.3 Å². The van der Waals surface area contributed by atoms with E-state index in [0.29, 0.717) is 54.3 Å². The maximum absolute atomic E-state index is 13.9. The van der Waals surface area contributed by atoms with Crippen LogP contribution < -0.4 is 19.1 Å². The minimum absolute atomic E-state index is 0.187. The molecule has 4 rings (SSSR count). The van der Waals surface area contributed by atoms with Crippen molar-refractivity contribution in [2.24, 2.45) is 0 Å². The average molecular weight is 477 g/mol. The van der Waals surface area contributed by atoms with Crippen LogP contribution in [-0.4, -0.2) is 30.7 Å². The maximum Gasteiger partial charge on any atom is 0.260 e. The Bertz CT molecular complexity index is 1200. The Morgan fingerprint density at radius 2 is 1.47 bits per heavy atom. The number of para-hydroxylation sites is 1. The molecule has 0 saturated heterocycles. The lowest BCUT2D eigenvalue weighted by molar-refractivity contribution is 0.0984. The van der Waals surface area contributed by atoms with Gasteiger partial charge in [-0.1, -0.05) is 53.8 Å². The number of fused-ring (bicyclic) bond motifs is 1. The zero-order valence-electron chi connectivity index (χ0n) is 19.6. The van der Waals surface area contributed by atoms with E-state index in [4.69, 9.17) is 19.2 Å². The molecule has 4 aromatic rings. The Labute approximate surface area is 203 Å². The van der Waals surface area contributed by atoms with Gasteiger partial charge >= 0.3 is 0 Å². The molecule has 6 nitrogen and oxygen atoms in total. The number of rotatable bonds is 10. The number of benzene rings is 3. The Hall–Kier alpha value is -3.58. The van der Waals surface area contributed by atoms with Crippen molar-refractivity contribution in [3.8, 4) is 17.2 Å². The molecular formula is C27H28N2O4S. The molecule has 0 unspecified atom stereocenters. The third-order valence-electron chi connectivity index (χ3n) is 5.10. The lowest BCUT2D eigenvalue weighted by Gasteiger charge is -2.22. The van der Waals surface area contributed by atoms with Crippen molar-refractivity contribution >= 4 is 32.6 Å². The number of nitrogens with zero attached hydrogens (tertiary/aromatic N) is 2. The highest BCUT2D eigenvalue weighted by molar-refractivity contribution is 7.22. The van der Waals surface area contributed by atoms with Crippen LogP contribution in [0.2, 0.25) is 0 Å². The van der Waals surface area contributed by atoms with Crippen LogP contribution in [0.25, 0.3) is 10.2 Å². The van der Waals surface area contributed by atoms with Gasteiger partial charge in [0.1, 0.15) is 0 Å². The van der Waals surface area contributed by atoms with Crippen molar-refractivity contribution in [2.45, 2.75) is 27.3 Å². The molecule has 0 aliphatic rings. The minimum Gasteiger partial charge on any atom is -0.490 e. The van der Waals surface area contributed by atoms with Gasteiger partial charge in [0, 0.05) is 5.56 Å². The highest BCUT2D eigenvalue weighted by Gasteiger charge is 2.25. The number of amides is 1. The highest BCUT2D eigenvalue weighted by atomic mass is 32.1. The number of thiazole rings is 1. The van der Waals surface area contributed by atoms with Gasteiger partial charge < -0.3 is 14.2 Å². The number of hydrogen-bond donors (Lipinski definition) is 0. The summed E-state index contributed by atoms with van der Waals surface area (Å²) in [6.45, 7) is 7.42. The monoisotopic (exact) mass is 476 g/mol. The molecular weight excluding hydrogens is 448 g/mol. The Balaban J connectivity index is 1.80. The predicted molar refractivity (Wildman–Crippen MR) is 137 cm³/mol. The van der Waals surface area contributed by atoms with Gasteiger partial charge in [-0.05, 0) is 50.6 Å². The Morgan fingerprint density at radius 3 is 2.09 bits per heavy atom. The molecule has 0 N–H and O–H groups in total. The normalized spacial score (nSPS) is 10.8. The van der Waals surface area contributed by atoms with E-state index in [2.05, 4.69) is 0 Å². The van der Waals surface area contributed by atoms with Gasteiger partial charge in [0.25, 0.3) is 5.91 Å². The van der Waals surface area contributed by atoms with Gasteiger partial charge in [0.05, 0.1) is 36.6 Å². The summed E-state index contributed by atoms with van der Waals surface area (Å²) >= 11 is 1.49. The molecule has 0 bridgehead atoms. The molecule has 1 amide bonds. The van der Waals surface area contributed by atoms with E-state index in [-0.39, 0.29) is 5.91 Å². The average Bonchev–Trinajstić information content (AvgIpc) is 3.29. The van der Waals surface area contributed by atoms with Crippen LogP contribution in [0.4, 0.5) is 5.13 Å². The highest BCUT2D eigenvalue weighted by Crippen LogP contribution is 2.40. The summed E-state index contributed by atoms with van der Waals surface area (Å²) in [6.07, 6.45) is 0. The van der Waals surface area contributed by atoms with Crippen LogP contribution in [0.15, 0.2) is 66.7 Å². The molecule has 7 heteroatoms. The quantitative estimate of drug-likeness (QED) is 0.267. The number of carbonyl (C=O) groups is 1. The maximum atomic E-state index is 13.9. The smallest absolute Gasteiger partial charge is 0.260 e. The van der Waals surface area contributed by atoms with Gasteiger partial charge in [-0.2, -0.15) is 0 Å². The fourth-order valence-corrected chi connectivity index (χ4v) is 4.60. The molecule has 1 aromatic heterocycles. The van der Waals surface area contributed by atoms with Gasteiger partial charge in [0.2, 0.25) is 5.75 Å². The molecule has 3 aromatic carbocycles. The summed E-state index contributed by atoms with van der Waals surface area (Å²) in [5, 5.41) is 0.639. The molecule has 0 saturated carbocycles. The molecule has 0 aliphatic carbocycles. The first-order chi connectivity index (χ1) is 16.6. The molecule has 0 aliphatic heterocycles. The van der Waals surface area contributed by atoms with Crippen molar-refractivity contribution in [3.63, 3.8) is 0 Å². The predicted octanol–water partition coefficient (Wildman–Crippen LogP) is 6.34. The standard InChI is InChI=1S/C27H28N2O4S/c1-4-31-22-16-20(17-23(32-5-2)25(22)33-6-3)26(30)29(18-19-12-8-7-9-13-19)27-28-21-14-10-11-15-24(21)34-27/h7-17H,4-6,18H2,1-3H3.